The molecule has 8 heteroatoms. The van der Waals surface area contributed by atoms with Crippen molar-refractivity contribution in [3.63, 3.8) is 0 Å². The van der Waals surface area contributed by atoms with Crippen LogP contribution in [0.5, 0.6) is 0 Å². The van der Waals surface area contributed by atoms with E-state index >= 15 is 0 Å². The first-order valence-electron chi connectivity index (χ1n) is 9.56. The predicted molar refractivity (Wildman–Crippen MR) is 127 cm³/mol. The summed E-state index contributed by atoms with van der Waals surface area (Å²) in [5.41, 5.74) is 3.72. The summed E-state index contributed by atoms with van der Waals surface area (Å²) < 4.78 is 25.9. The molecule has 0 aliphatic rings. The molecule has 0 aliphatic carbocycles. The van der Waals surface area contributed by atoms with Crippen LogP contribution in [0.25, 0.3) is 20.8 Å². The smallest absolute Gasteiger partial charge is 0.225 e. The molecule has 0 saturated heterocycles. The van der Waals surface area contributed by atoms with Crippen LogP contribution in [-0.4, -0.2) is 25.1 Å². The molecule has 1 heterocycles. The Kier molecular flexibility index (Phi) is 6.09. The lowest BCUT2D eigenvalue weighted by atomic mass is 10.2. The molecule has 1 aromatic heterocycles. The topological polar surface area (TPSA) is 76.1 Å². The normalized spacial score (nSPS) is 11.5. The first-order chi connectivity index (χ1) is 14.8. The van der Waals surface area contributed by atoms with Crippen LogP contribution in [0, 0.1) is 6.92 Å². The fourth-order valence-electron chi connectivity index (χ4n) is 3.06. The number of nitrogens with one attached hydrogen (secondary N) is 1. The lowest BCUT2D eigenvalue weighted by Gasteiger charge is -2.07. The molecule has 0 fully saturated rings. The lowest BCUT2D eigenvalue weighted by Crippen LogP contribution is -2.17. The van der Waals surface area contributed by atoms with Crippen LogP contribution in [0.15, 0.2) is 71.6 Å². The predicted octanol–water partition coefficient (Wildman–Crippen LogP) is 5.73. The molecule has 5 nitrogen and oxygen atoms in total. The minimum atomic E-state index is -3.55. The second kappa shape index (κ2) is 8.78. The highest BCUT2D eigenvalue weighted by atomic mass is 35.5. The number of carbonyl (C=O) groups is 1. The van der Waals surface area contributed by atoms with Crippen molar-refractivity contribution in [2.45, 2.75) is 18.2 Å². The van der Waals surface area contributed by atoms with Gasteiger partial charge in [-0.3, -0.25) is 4.79 Å². The molecule has 4 rings (SSSR count). The van der Waals surface area contributed by atoms with Crippen molar-refractivity contribution in [2.75, 3.05) is 11.1 Å². The van der Waals surface area contributed by atoms with Crippen molar-refractivity contribution in [1.29, 1.82) is 0 Å². The number of aromatic nitrogens is 1. The molecule has 1 N–H and O–H groups in total. The van der Waals surface area contributed by atoms with Crippen molar-refractivity contribution < 1.29 is 13.2 Å². The third-order valence-electron chi connectivity index (χ3n) is 4.73. The van der Waals surface area contributed by atoms with Gasteiger partial charge in [-0.1, -0.05) is 17.7 Å². The molecule has 3 aromatic carbocycles. The van der Waals surface area contributed by atoms with E-state index in [-0.39, 0.29) is 23.0 Å². The third kappa shape index (κ3) is 5.12. The standard InChI is InChI=1S/C23H19ClN2O3S2/c1-15-2-11-20-21(14-15)30-23(26-20)16-3-7-18(8-4-16)25-22(27)12-13-31(28,29)19-9-5-17(24)6-10-19/h2-11,14H,12-13H2,1H3,(H,25,27). The van der Waals surface area contributed by atoms with Crippen LogP contribution >= 0.6 is 22.9 Å². The molecule has 0 aliphatic heterocycles. The number of fused-ring (bicyclic) bond motifs is 1. The maximum absolute atomic E-state index is 12.4. The Labute approximate surface area is 189 Å². The van der Waals surface area contributed by atoms with Gasteiger partial charge in [0.15, 0.2) is 9.84 Å². The zero-order chi connectivity index (χ0) is 22.0. The molecule has 0 bridgehead atoms. The number of hydrogen-bond donors (Lipinski definition) is 1. The van der Waals surface area contributed by atoms with Gasteiger partial charge < -0.3 is 5.32 Å². The molecule has 4 aromatic rings. The Morgan fingerprint density at radius 3 is 2.45 bits per heavy atom. The molecule has 158 valence electrons. The van der Waals surface area contributed by atoms with Crippen LogP contribution in [0.3, 0.4) is 0 Å². The highest BCUT2D eigenvalue weighted by Crippen LogP contribution is 2.31. The van der Waals surface area contributed by atoms with Gasteiger partial charge in [0, 0.05) is 22.7 Å². The SMILES string of the molecule is Cc1ccc2nc(-c3ccc(NC(=O)CCS(=O)(=O)c4ccc(Cl)cc4)cc3)sc2c1. The van der Waals surface area contributed by atoms with Gasteiger partial charge in [-0.05, 0) is 73.2 Å². The molecular formula is C23H19ClN2O3S2. The maximum atomic E-state index is 12.4. The van der Waals surface area contributed by atoms with E-state index in [9.17, 15) is 13.2 Å². The van der Waals surface area contributed by atoms with E-state index in [4.69, 9.17) is 11.6 Å². The second-order valence-corrected chi connectivity index (χ2v) is 10.7. The average Bonchev–Trinajstić information content (AvgIpc) is 3.16. The van der Waals surface area contributed by atoms with Crippen LogP contribution in [0.1, 0.15) is 12.0 Å². The van der Waals surface area contributed by atoms with E-state index in [1.807, 2.05) is 24.3 Å². The maximum Gasteiger partial charge on any atom is 0.225 e. The summed E-state index contributed by atoms with van der Waals surface area (Å²) >= 11 is 7.41. The summed E-state index contributed by atoms with van der Waals surface area (Å²) in [5, 5.41) is 4.12. The summed E-state index contributed by atoms with van der Waals surface area (Å²) in [7, 11) is -3.55. The summed E-state index contributed by atoms with van der Waals surface area (Å²) in [6, 6.07) is 19.4. The highest BCUT2D eigenvalue weighted by Gasteiger charge is 2.16. The van der Waals surface area contributed by atoms with E-state index in [0.29, 0.717) is 10.7 Å². The van der Waals surface area contributed by atoms with E-state index in [2.05, 4.69) is 23.3 Å². The van der Waals surface area contributed by atoms with Gasteiger partial charge >= 0.3 is 0 Å². The van der Waals surface area contributed by atoms with E-state index in [1.165, 1.54) is 29.8 Å². The second-order valence-electron chi connectivity index (χ2n) is 7.14. The van der Waals surface area contributed by atoms with Gasteiger partial charge in [-0.2, -0.15) is 0 Å². The van der Waals surface area contributed by atoms with Crippen LogP contribution < -0.4 is 5.32 Å². The number of amides is 1. The minimum absolute atomic E-state index is 0.135. The van der Waals surface area contributed by atoms with Crippen molar-refractivity contribution >= 4 is 54.6 Å². The van der Waals surface area contributed by atoms with Gasteiger partial charge in [0.1, 0.15) is 5.01 Å². The van der Waals surface area contributed by atoms with Crippen molar-refractivity contribution in [3.05, 3.63) is 77.3 Å². The summed E-state index contributed by atoms with van der Waals surface area (Å²) in [6.07, 6.45) is -0.135. The number of benzene rings is 3. The summed E-state index contributed by atoms with van der Waals surface area (Å²) in [5.74, 6) is -0.635. The van der Waals surface area contributed by atoms with Gasteiger partial charge in [0.05, 0.1) is 20.9 Å². The molecule has 0 radical (unpaired) electrons. The molecule has 0 unspecified atom stereocenters. The average molecular weight is 471 g/mol. The fourth-order valence-corrected chi connectivity index (χ4v) is 5.50. The monoisotopic (exact) mass is 470 g/mol. The summed E-state index contributed by atoms with van der Waals surface area (Å²) in [4.78, 5) is 17.1. The Bertz CT molecular complexity index is 1350. The largest absolute Gasteiger partial charge is 0.326 e. The third-order valence-corrected chi connectivity index (χ3v) is 7.78. The van der Waals surface area contributed by atoms with Gasteiger partial charge in [0.2, 0.25) is 5.91 Å². The lowest BCUT2D eigenvalue weighted by molar-refractivity contribution is -0.115. The van der Waals surface area contributed by atoms with Crippen molar-refractivity contribution in [3.8, 4) is 10.6 Å². The Hall–Kier alpha value is -2.74. The van der Waals surface area contributed by atoms with Gasteiger partial charge in [0.25, 0.3) is 0 Å². The quantitative estimate of drug-likeness (QED) is 0.390. The number of thiazole rings is 1. The van der Waals surface area contributed by atoms with Gasteiger partial charge in [-0.25, -0.2) is 13.4 Å². The highest BCUT2D eigenvalue weighted by molar-refractivity contribution is 7.91. The zero-order valence-electron chi connectivity index (χ0n) is 16.6. The van der Waals surface area contributed by atoms with Crippen molar-refractivity contribution in [2.24, 2.45) is 0 Å². The van der Waals surface area contributed by atoms with Crippen LogP contribution in [0.2, 0.25) is 5.02 Å². The van der Waals surface area contributed by atoms with Crippen molar-refractivity contribution in [1.82, 2.24) is 4.98 Å². The number of carbonyl (C=O) groups excluding carboxylic acids is 1. The molecule has 0 atom stereocenters. The van der Waals surface area contributed by atoms with Gasteiger partial charge in [-0.15, -0.1) is 11.3 Å². The van der Waals surface area contributed by atoms with Crippen LogP contribution in [-0.2, 0) is 14.6 Å². The van der Waals surface area contributed by atoms with E-state index in [1.54, 1.807) is 23.5 Å². The number of sulfone groups is 1. The Morgan fingerprint density at radius 1 is 1.03 bits per heavy atom. The van der Waals surface area contributed by atoms with E-state index < -0.39 is 9.84 Å². The first-order valence-corrected chi connectivity index (χ1v) is 12.4. The Balaban J connectivity index is 1.39. The van der Waals surface area contributed by atoms with E-state index in [0.717, 1.165) is 20.8 Å². The Morgan fingerprint density at radius 2 is 1.74 bits per heavy atom. The molecule has 0 saturated carbocycles. The van der Waals surface area contributed by atoms with Crippen LogP contribution in [0.4, 0.5) is 5.69 Å². The number of anilines is 1. The molecule has 1 amide bonds. The number of hydrogen-bond acceptors (Lipinski definition) is 5. The number of aryl methyl sites for hydroxylation is 1. The minimum Gasteiger partial charge on any atom is -0.326 e. The number of halogens is 1. The molecule has 0 spiro atoms. The fraction of sp³-hybridized carbons (Fsp3) is 0.130. The summed E-state index contributed by atoms with van der Waals surface area (Å²) in [6.45, 7) is 2.05. The molecular weight excluding hydrogens is 452 g/mol. The zero-order valence-corrected chi connectivity index (χ0v) is 19.0. The molecule has 31 heavy (non-hydrogen) atoms. The number of nitrogens with zero attached hydrogens (tertiary/aromatic N) is 1. The first kappa shape index (κ1) is 21.5. The number of rotatable bonds is 6.